The molecule has 1 aliphatic rings. The van der Waals surface area contributed by atoms with E-state index in [2.05, 4.69) is 39.7 Å². The maximum Gasteiger partial charge on any atom is 0.140 e. The Morgan fingerprint density at radius 2 is 1.62 bits per heavy atom. The quantitative estimate of drug-likeness (QED) is 0.826. The number of fused-ring (bicyclic) bond motifs is 1. The fourth-order valence-corrected chi connectivity index (χ4v) is 2.00. The molecule has 0 bridgehead atoms. The number of hydrogen-bond donors (Lipinski definition) is 1. The summed E-state index contributed by atoms with van der Waals surface area (Å²) in [5, 5.41) is 2.17. The van der Waals surface area contributed by atoms with Crippen LogP contribution in [0.5, 0.6) is 0 Å². The monoisotopic (exact) mass is 211 g/mol. The predicted molar refractivity (Wildman–Crippen MR) is 63.5 cm³/mol. The third-order valence-corrected chi connectivity index (χ3v) is 2.78. The van der Waals surface area contributed by atoms with Crippen molar-refractivity contribution in [2.75, 3.05) is 5.43 Å². The SMILES string of the molecule is c1ccc(NN2Cc3ccccc3C2)nc1. The number of rotatable bonds is 2. The molecule has 2 aromatic rings. The first-order chi connectivity index (χ1) is 7.92. The lowest BCUT2D eigenvalue weighted by Crippen LogP contribution is -2.24. The number of aromatic nitrogens is 1. The summed E-state index contributed by atoms with van der Waals surface area (Å²) in [6.07, 6.45) is 1.80. The van der Waals surface area contributed by atoms with E-state index >= 15 is 0 Å². The van der Waals surface area contributed by atoms with Crippen LogP contribution in [0.1, 0.15) is 11.1 Å². The highest BCUT2D eigenvalue weighted by molar-refractivity contribution is 5.35. The van der Waals surface area contributed by atoms with Crippen molar-refractivity contribution < 1.29 is 0 Å². The molecule has 16 heavy (non-hydrogen) atoms. The minimum absolute atomic E-state index is 0.898. The second-order valence-corrected chi connectivity index (χ2v) is 3.95. The number of anilines is 1. The Bertz CT molecular complexity index is 457. The van der Waals surface area contributed by atoms with Gasteiger partial charge in [-0.05, 0) is 23.3 Å². The first-order valence-corrected chi connectivity index (χ1v) is 5.41. The summed E-state index contributed by atoms with van der Waals surface area (Å²) in [4.78, 5) is 4.25. The molecule has 0 atom stereocenters. The second-order valence-electron chi connectivity index (χ2n) is 3.95. The molecule has 1 aliphatic heterocycles. The Hall–Kier alpha value is -1.87. The van der Waals surface area contributed by atoms with Crippen molar-refractivity contribution in [3.05, 3.63) is 59.8 Å². The van der Waals surface area contributed by atoms with E-state index in [4.69, 9.17) is 0 Å². The molecule has 0 fully saturated rings. The summed E-state index contributed by atoms with van der Waals surface area (Å²) < 4.78 is 0. The molecule has 2 heterocycles. The molecule has 1 N–H and O–H groups in total. The van der Waals surface area contributed by atoms with Crippen LogP contribution in [-0.4, -0.2) is 9.99 Å². The van der Waals surface area contributed by atoms with Crippen LogP contribution in [0.3, 0.4) is 0 Å². The molecule has 3 heteroatoms. The van der Waals surface area contributed by atoms with E-state index in [1.807, 2.05) is 18.2 Å². The summed E-state index contributed by atoms with van der Waals surface area (Å²) in [6, 6.07) is 14.4. The van der Waals surface area contributed by atoms with Crippen LogP contribution in [0.25, 0.3) is 0 Å². The van der Waals surface area contributed by atoms with Gasteiger partial charge in [0.15, 0.2) is 0 Å². The highest BCUT2D eigenvalue weighted by Crippen LogP contribution is 2.22. The van der Waals surface area contributed by atoms with E-state index in [0.29, 0.717) is 0 Å². The van der Waals surface area contributed by atoms with Gasteiger partial charge < -0.3 is 5.43 Å². The van der Waals surface area contributed by atoms with Crippen LogP contribution in [-0.2, 0) is 13.1 Å². The molecule has 3 nitrogen and oxygen atoms in total. The molecule has 1 aromatic heterocycles. The van der Waals surface area contributed by atoms with Gasteiger partial charge in [-0.1, -0.05) is 30.3 Å². The molecular formula is C13H13N3. The highest BCUT2D eigenvalue weighted by Gasteiger charge is 2.17. The standard InChI is InChI=1S/C13H13N3/c1-2-6-12-10-16(9-11(12)5-1)15-13-7-3-4-8-14-13/h1-8H,9-10H2,(H,14,15). The predicted octanol–water partition coefficient (Wildman–Crippen LogP) is 2.42. The zero-order chi connectivity index (χ0) is 10.8. The second kappa shape index (κ2) is 3.94. The fourth-order valence-electron chi connectivity index (χ4n) is 2.00. The molecule has 0 radical (unpaired) electrons. The van der Waals surface area contributed by atoms with Crippen LogP contribution < -0.4 is 5.43 Å². The first-order valence-electron chi connectivity index (χ1n) is 5.41. The van der Waals surface area contributed by atoms with Crippen LogP contribution in [0.4, 0.5) is 5.82 Å². The van der Waals surface area contributed by atoms with Gasteiger partial charge in [0.2, 0.25) is 0 Å². The van der Waals surface area contributed by atoms with E-state index in [9.17, 15) is 0 Å². The molecule has 3 rings (SSSR count). The molecule has 0 unspecified atom stereocenters. The molecule has 0 saturated heterocycles. The fraction of sp³-hybridized carbons (Fsp3) is 0.154. The van der Waals surface area contributed by atoms with E-state index in [1.165, 1.54) is 11.1 Å². The largest absolute Gasteiger partial charge is 0.302 e. The lowest BCUT2D eigenvalue weighted by Gasteiger charge is -2.16. The van der Waals surface area contributed by atoms with E-state index < -0.39 is 0 Å². The van der Waals surface area contributed by atoms with Gasteiger partial charge in [0.25, 0.3) is 0 Å². The molecule has 80 valence electrons. The lowest BCUT2D eigenvalue weighted by molar-refractivity contribution is 0.345. The number of hydrazine groups is 1. The summed E-state index contributed by atoms with van der Waals surface area (Å²) in [5.41, 5.74) is 6.10. The molecule has 1 aromatic carbocycles. The topological polar surface area (TPSA) is 28.2 Å². The summed E-state index contributed by atoms with van der Waals surface area (Å²) in [6.45, 7) is 1.87. The van der Waals surface area contributed by atoms with Gasteiger partial charge in [0, 0.05) is 19.3 Å². The van der Waals surface area contributed by atoms with Gasteiger partial charge in [-0.15, -0.1) is 0 Å². The normalized spacial score (nSPS) is 14.8. The van der Waals surface area contributed by atoms with Crippen molar-refractivity contribution in [2.24, 2.45) is 0 Å². The van der Waals surface area contributed by atoms with Gasteiger partial charge in [0.1, 0.15) is 5.82 Å². The van der Waals surface area contributed by atoms with Crippen molar-refractivity contribution in [2.45, 2.75) is 13.1 Å². The highest BCUT2D eigenvalue weighted by atomic mass is 15.5. The van der Waals surface area contributed by atoms with Crippen molar-refractivity contribution in [3.63, 3.8) is 0 Å². The number of pyridine rings is 1. The summed E-state index contributed by atoms with van der Waals surface area (Å²) in [5.74, 6) is 0.898. The van der Waals surface area contributed by atoms with Gasteiger partial charge in [0.05, 0.1) is 0 Å². The van der Waals surface area contributed by atoms with Crippen LogP contribution in [0.15, 0.2) is 48.7 Å². The zero-order valence-corrected chi connectivity index (χ0v) is 8.93. The molecule has 0 aliphatic carbocycles. The van der Waals surface area contributed by atoms with E-state index in [-0.39, 0.29) is 0 Å². The molecule has 0 saturated carbocycles. The molecular weight excluding hydrogens is 198 g/mol. The zero-order valence-electron chi connectivity index (χ0n) is 8.93. The third kappa shape index (κ3) is 1.77. The smallest absolute Gasteiger partial charge is 0.140 e. The Morgan fingerprint density at radius 3 is 2.25 bits per heavy atom. The van der Waals surface area contributed by atoms with E-state index in [0.717, 1.165) is 18.9 Å². The van der Waals surface area contributed by atoms with Crippen LogP contribution in [0, 0.1) is 0 Å². The molecule has 0 amide bonds. The Kier molecular flexibility index (Phi) is 2.31. The molecule has 0 spiro atoms. The average molecular weight is 211 g/mol. The minimum atomic E-state index is 0.898. The maximum atomic E-state index is 4.25. The third-order valence-electron chi connectivity index (χ3n) is 2.78. The number of nitrogens with one attached hydrogen (secondary N) is 1. The van der Waals surface area contributed by atoms with E-state index in [1.54, 1.807) is 6.20 Å². The average Bonchev–Trinajstić information content (AvgIpc) is 2.72. The number of hydrogen-bond acceptors (Lipinski definition) is 3. The van der Waals surface area contributed by atoms with Crippen molar-refractivity contribution in [3.8, 4) is 0 Å². The van der Waals surface area contributed by atoms with Gasteiger partial charge in [-0.2, -0.15) is 0 Å². The minimum Gasteiger partial charge on any atom is -0.302 e. The summed E-state index contributed by atoms with van der Waals surface area (Å²) >= 11 is 0. The Labute approximate surface area is 94.7 Å². The Balaban J connectivity index is 1.73. The number of nitrogens with zero attached hydrogens (tertiary/aromatic N) is 2. The van der Waals surface area contributed by atoms with Gasteiger partial charge >= 0.3 is 0 Å². The lowest BCUT2D eigenvalue weighted by atomic mass is 10.1. The first kappa shape index (κ1) is 9.36. The van der Waals surface area contributed by atoms with Gasteiger partial charge in [-0.3, -0.25) is 0 Å². The van der Waals surface area contributed by atoms with Crippen molar-refractivity contribution in [1.29, 1.82) is 0 Å². The van der Waals surface area contributed by atoms with Crippen molar-refractivity contribution >= 4 is 5.82 Å². The maximum absolute atomic E-state index is 4.25. The Morgan fingerprint density at radius 1 is 0.938 bits per heavy atom. The van der Waals surface area contributed by atoms with Crippen LogP contribution >= 0.6 is 0 Å². The van der Waals surface area contributed by atoms with Crippen molar-refractivity contribution in [1.82, 2.24) is 9.99 Å². The number of benzene rings is 1. The van der Waals surface area contributed by atoms with Crippen LogP contribution in [0.2, 0.25) is 0 Å². The van der Waals surface area contributed by atoms with Gasteiger partial charge in [-0.25, -0.2) is 9.99 Å². The summed E-state index contributed by atoms with van der Waals surface area (Å²) in [7, 11) is 0.